The first-order valence-corrected chi connectivity index (χ1v) is 11.6. The average molecular weight is 464 g/mol. The quantitative estimate of drug-likeness (QED) is 0.385. The maximum absolute atomic E-state index is 12.9. The summed E-state index contributed by atoms with van der Waals surface area (Å²) in [5.74, 6) is 0.756. The van der Waals surface area contributed by atoms with Crippen molar-refractivity contribution in [2.75, 3.05) is 18.2 Å². The number of aryl methyl sites for hydroxylation is 1. The van der Waals surface area contributed by atoms with Gasteiger partial charge in [0.25, 0.3) is 5.91 Å². The highest BCUT2D eigenvalue weighted by Crippen LogP contribution is 2.39. The van der Waals surface area contributed by atoms with Gasteiger partial charge in [-0.2, -0.15) is 0 Å². The minimum Gasteiger partial charge on any atom is -0.495 e. The van der Waals surface area contributed by atoms with E-state index in [2.05, 4.69) is 35.6 Å². The minimum atomic E-state index is -0.271. The Balaban J connectivity index is 1.43. The normalized spacial score (nSPS) is 15.4. The van der Waals surface area contributed by atoms with E-state index in [1.54, 1.807) is 25.3 Å². The number of benzene rings is 2. The van der Waals surface area contributed by atoms with E-state index in [-0.39, 0.29) is 5.91 Å². The second kappa shape index (κ2) is 8.45. The van der Waals surface area contributed by atoms with Gasteiger partial charge in [0.2, 0.25) is 0 Å². The van der Waals surface area contributed by atoms with E-state index in [9.17, 15) is 4.79 Å². The zero-order valence-electron chi connectivity index (χ0n) is 17.5. The number of fused-ring (bicyclic) bond motifs is 2. The molecular formula is C25H22ClN3O2S. The van der Waals surface area contributed by atoms with E-state index in [1.807, 2.05) is 6.07 Å². The third kappa shape index (κ3) is 3.80. The fourth-order valence-electron chi connectivity index (χ4n) is 4.30. The maximum Gasteiger partial charge on any atom is 0.267 e. The molecule has 0 spiro atoms. The predicted molar refractivity (Wildman–Crippen MR) is 131 cm³/mol. The summed E-state index contributed by atoms with van der Waals surface area (Å²) in [6.45, 7) is 0. The summed E-state index contributed by atoms with van der Waals surface area (Å²) in [4.78, 5) is 19.1. The molecule has 0 radical (unpaired) electrons. The largest absolute Gasteiger partial charge is 0.495 e. The van der Waals surface area contributed by atoms with Gasteiger partial charge in [0.15, 0.2) is 0 Å². The number of methoxy groups -OCH3 is 1. The molecule has 0 bridgehead atoms. The highest BCUT2D eigenvalue weighted by molar-refractivity contribution is 7.21. The number of anilines is 2. The van der Waals surface area contributed by atoms with E-state index < -0.39 is 0 Å². The molecular weight excluding hydrogens is 442 g/mol. The highest BCUT2D eigenvalue weighted by Gasteiger charge is 2.24. The Hall–Kier alpha value is -3.09. The van der Waals surface area contributed by atoms with Crippen molar-refractivity contribution in [3.05, 3.63) is 81.3 Å². The number of amides is 1. The number of pyridine rings is 1. The van der Waals surface area contributed by atoms with Gasteiger partial charge in [-0.25, -0.2) is 4.98 Å². The first kappa shape index (κ1) is 20.8. The molecule has 5 nitrogen and oxygen atoms in total. The number of aromatic nitrogens is 1. The van der Waals surface area contributed by atoms with E-state index in [0.717, 1.165) is 35.2 Å². The van der Waals surface area contributed by atoms with Crippen molar-refractivity contribution in [2.45, 2.75) is 25.2 Å². The van der Waals surface area contributed by atoms with Crippen molar-refractivity contribution in [1.82, 2.24) is 4.98 Å². The molecule has 1 atom stereocenters. The lowest BCUT2D eigenvalue weighted by atomic mass is 9.82. The van der Waals surface area contributed by atoms with Crippen LogP contribution in [0.2, 0.25) is 5.02 Å². The number of ether oxygens (including phenoxy) is 1. The van der Waals surface area contributed by atoms with Crippen LogP contribution in [0.1, 0.15) is 38.8 Å². The lowest BCUT2D eigenvalue weighted by molar-refractivity contribution is 0.103. The third-order valence-electron chi connectivity index (χ3n) is 5.97. The number of nitrogens with two attached hydrogens (primary N) is 1. The molecule has 32 heavy (non-hydrogen) atoms. The van der Waals surface area contributed by atoms with Crippen LogP contribution in [-0.4, -0.2) is 18.0 Å². The molecule has 7 heteroatoms. The number of nitrogens with zero attached hydrogens (tertiary/aromatic N) is 1. The second-order valence-electron chi connectivity index (χ2n) is 7.95. The van der Waals surface area contributed by atoms with Gasteiger partial charge >= 0.3 is 0 Å². The van der Waals surface area contributed by atoms with Crippen molar-refractivity contribution in [3.63, 3.8) is 0 Å². The molecule has 1 amide bonds. The van der Waals surface area contributed by atoms with E-state index >= 15 is 0 Å². The summed E-state index contributed by atoms with van der Waals surface area (Å²) >= 11 is 7.50. The van der Waals surface area contributed by atoms with Crippen LogP contribution in [0.25, 0.3) is 10.2 Å². The van der Waals surface area contributed by atoms with E-state index in [1.165, 1.54) is 22.5 Å². The molecule has 2 heterocycles. The lowest BCUT2D eigenvalue weighted by Crippen LogP contribution is -2.14. The summed E-state index contributed by atoms with van der Waals surface area (Å²) in [6.07, 6.45) is 2.93. The molecule has 1 aliphatic carbocycles. The molecule has 0 saturated heterocycles. The third-order valence-corrected chi connectivity index (χ3v) is 7.38. The number of hydrogen-bond acceptors (Lipinski definition) is 5. The van der Waals surface area contributed by atoms with Crippen molar-refractivity contribution < 1.29 is 9.53 Å². The fraction of sp³-hybridized carbons (Fsp3) is 0.200. The fourth-order valence-corrected chi connectivity index (χ4v) is 5.55. The predicted octanol–water partition coefficient (Wildman–Crippen LogP) is 6.07. The monoisotopic (exact) mass is 463 g/mol. The number of carbonyl (C=O) groups is 1. The zero-order chi connectivity index (χ0) is 22.2. The van der Waals surface area contributed by atoms with Crippen LogP contribution in [0.15, 0.2) is 54.6 Å². The Morgan fingerprint density at radius 1 is 1.22 bits per heavy atom. The molecule has 4 aromatic rings. The van der Waals surface area contributed by atoms with Crippen LogP contribution >= 0.6 is 22.9 Å². The van der Waals surface area contributed by atoms with Crippen LogP contribution in [0.4, 0.5) is 11.4 Å². The zero-order valence-corrected chi connectivity index (χ0v) is 19.1. The molecule has 1 aliphatic rings. The van der Waals surface area contributed by atoms with Gasteiger partial charge in [0, 0.05) is 16.8 Å². The van der Waals surface area contributed by atoms with Crippen molar-refractivity contribution in [1.29, 1.82) is 0 Å². The highest BCUT2D eigenvalue weighted by atomic mass is 35.5. The molecule has 0 fully saturated rings. The number of halogens is 1. The minimum absolute atomic E-state index is 0.271. The Bertz CT molecular complexity index is 1320. The van der Waals surface area contributed by atoms with E-state index in [0.29, 0.717) is 32.9 Å². The standard InChI is InChI=1S/C25H22ClN3O2S/c1-31-21-10-8-17(13-19(21)26)28-24(30)23-22(27)18-12-16-11-15(14-5-3-2-4-6-14)7-9-20(16)29-25(18)32-23/h2-6,8,10,12-13,15H,7,9,11,27H2,1H3,(H,28,30). The summed E-state index contributed by atoms with van der Waals surface area (Å²) < 4.78 is 5.16. The molecule has 3 N–H and O–H groups in total. The van der Waals surface area contributed by atoms with Gasteiger partial charge < -0.3 is 15.8 Å². The van der Waals surface area contributed by atoms with Crippen molar-refractivity contribution in [2.24, 2.45) is 0 Å². The molecule has 162 valence electrons. The first-order valence-electron chi connectivity index (χ1n) is 10.4. The summed E-state index contributed by atoms with van der Waals surface area (Å²) in [7, 11) is 1.55. The number of nitrogens with one attached hydrogen (secondary N) is 1. The molecule has 2 aromatic heterocycles. The SMILES string of the molecule is COc1ccc(NC(=O)c2sc3nc4c(cc3c2N)CC(c2ccccc2)CC4)cc1Cl. The molecule has 0 aliphatic heterocycles. The second-order valence-corrected chi connectivity index (χ2v) is 9.35. The van der Waals surface area contributed by atoms with Crippen LogP contribution in [0.3, 0.4) is 0 Å². The van der Waals surface area contributed by atoms with Gasteiger partial charge in [-0.05, 0) is 60.6 Å². The molecule has 1 unspecified atom stereocenters. The Morgan fingerprint density at radius 3 is 2.78 bits per heavy atom. The van der Waals surface area contributed by atoms with Crippen LogP contribution in [0.5, 0.6) is 5.75 Å². The van der Waals surface area contributed by atoms with Crippen molar-refractivity contribution in [3.8, 4) is 5.75 Å². The van der Waals surface area contributed by atoms with Gasteiger partial charge in [-0.3, -0.25) is 4.79 Å². The Kier molecular flexibility index (Phi) is 5.49. The number of nitrogen functional groups attached to an aromatic ring is 1. The number of rotatable bonds is 4. The Labute approximate surface area is 195 Å². The molecule has 2 aromatic carbocycles. The lowest BCUT2D eigenvalue weighted by Gasteiger charge is -2.24. The number of hydrogen-bond donors (Lipinski definition) is 2. The van der Waals surface area contributed by atoms with Gasteiger partial charge in [0.05, 0.1) is 17.8 Å². The van der Waals surface area contributed by atoms with Crippen LogP contribution < -0.4 is 15.8 Å². The smallest absolute Gasteiger partial charge is 0.267 e. The molecule has 5 rings (SSSR count). The summed E-state index contributed by atoms with van der Waals surface area (Å²) in [5.41, 5.74) is 11.1. The summed E-state index contributed by atoms with van der Waals surface area (Å²) in [5, 5.41) is 4.15. The van der Waals surface area contributed by atoms with E-state index in [4.69, 9.17) is 27.1 Å². The van der Waals surface area contributed by atoms with Crippen molar-refractivity contribution >= 4 is 50.4 Å². The van der Waals surface area contributed by atoms with Crippen LogP contribution in [-0.2, 0) is 12.8 Å². The first-order chi connectivity index (χ1) is 15.5. The topological polar surface area (TPSA) is 77.2 Å². The molecule has 0 saturated carbocycles. The van der Waals surface area contributed by atoms with Gasteiger partial charge in [-0.1, -0.05) is 41.9 Å². The number of thiophene rings is 1. The van der Waals surface area contributed by atoms with Crippen LogP contribution in [0, 0.1) is 0 Å². The average Bonchev–Trinajstić information content (AvgIpc) is 3.13. The Morgan fingerprint density at radius 2 is 2.03 bits per heavy atom. The van der Waals surface area contributed by atoms with Gasteiger partial charge in [-0.15, -0.1) is 11.3 Å². The number of carbonyl (C=O) groups excluding carboxylic acids is 1. The summed E-state index contributed by atoms with van der Waals surface area (Å²) in [6, 6.07) is 17.8. The van der Waals surface area contributed by atoms with Gasteiger partial charge in [0.1, 0.15) is 15.5 Å². The maximum atomic E-state index is 12.9.